The van der Waals surface area contributed by atoms with E-state index in [-0.39, 0.29) is 11.8 Å². The molecule has 2 saturated heterocycles. The summed E-state index contributed by atoms with van der Waals surface area (Å²) in [7, 11) is -3.29. The fourth-order valence-corrected chi connectivity index (χ4v) is 3.96. The van der Waals surface area contributed by atoms with Gasteiger partial charge in [0.2, 0.25) is 10.0 Å². The molecule has 0 aromatic carbocycles. The van der Waals surface area contributed by atoms with Crippen molar-refractivity contribution in [2.45, 2.75) is 31.7 Å². The van der Waals surface area contributed by atoms with Gasteiger partial charge in [-0.25, -0.2) is 8.42 Å². The largest absolute Gasteiger partial charge is 0.227 e. The lowest BCUT2D eigenvalue weighted by atomic mass is 9.82. The first kappa shape index (κ1) is 9.94. The first-order chi connectivity index (χ1) is 6.63. The Balaban J connectivity index is 2.16. The molecule has 14 heavy (non-hydrogen) atoms. The number of rotatable bonds is 2. The van der Waals surface area contributed by atoms with Gasteiger partial charge in [0.15, 0.2) is 5.75 Å². The Hall–Kier alpha value is -0.600. The number of piperidine rings is 2. The Labute approximate surface area is 84.6 Å². The second-order valence-electron chi connectivity index (χ2n) is 4.16. The molecule has 0 radical (unpaired) electrons. The van der Waals surface area contributed by atoms with Gasteiger partial charge in [-0.1, -0.05) is 0 Å². The molecule has 0 aromatic rings. The minimum Gasteiger partial charge on any atom is -0.211 e. The molecular weight excluding hydrogens is 200 g/mol. The number of nitriles is 1. The van der Waals surface area contributed by atoms with Crippen LogP contribution >= 0.6 is 0 Å². The van der Waals surface area contributed by atoms with Crippen LogP contribution in [0.3, 0.4) is 0 Å². The van der Waals surface area contributed by atoms with Gasteiger partial charge in [0.1, 0.15) is 0 Å². The third kappa shape index (κ3) is 1.64. The van der Waals surface area contributed by atoms with Gasteiger partial charge in [0.05, 0.1) is 6.07 Å². The maximum Gasteiger partial charge on any atom is 0.227 e. The summed E-state index contributed by atoms with van der Waals surface area (Å²) in [4.78, 5) is 0. The molecule has 3 rings (SSSR count). The predicted octanol–water partition coefficient (Wildman–Crippen LogP) is 0.714. The molecule has 4 nitrogen and oxygen atoms in total. The molecule has 0 spiro atoms. The Morgan fingerprint density at radius 1 is 1.29 bits per heavy atom. The zero-order valence-corrected chi connectivity index (χ0v) is 8.83. The minimum atomic E-state index is -3.29. The van der Waals surface area contributed by atoms with E-state index in [2.05, 4.69) is 0 Å². The van der Waals surface area contributed by atoms with E-state index in [1.54, 1.807) is 10.4 Å². The van der Waals surface area contributed by atoms with E-state index >= 15 is 0 Å². The molecule has 3 fully saturated rings. The first-order valence-corrected chi connectivity index (χ1v) is 6.61. The summed E-state index contributed by atoms with van der Waals surface area (Å²) in [6, 6.07) is 1.91. The third-order valence-corrected chi connectivity index (χ3v) is 4.92. The van der Waals surface area contributed by atoms with Crippen LogP contribution in [0.5, 0.6) is 0 Å². The van der Waals surface area contributed by atoms with Crippen molar-refractivity contribution in [3.05, 3.63) is 0 Å². The van der Waals surface area contributed by atoms with E-state index < -0.39 is 10.0 Å². The van der Waals surface area contributed by atoms with E-state index in [1.807, 2.05) is 0 Å². The molecule has 0 atom stereocenters. The first-order valence-electron chi connectivity index (χ1n) is 5.00. The summed E-state index contributed by atoms with van der Waals surface area (Å²) in [5.41, 5.74) is 0. The van der Waals surface area contributed by atoms with E-state index in [1.165, 1.54) is 0 Å². The molecule has 78 valence electrons. The number of hydrogen-bond acceptors (Lipinski definition) is 3. The van der Waals surface area contributed by atoms with Crippen molar-refractivity contribution < 1.29 is 8.42 Å². The second-order valence-corrected chi connectivity index (χ2v) is 6.08. The Morgan fingerprint density at radius 3 is 2.36 bits per heavy atom. The van der Waals surface area contributed by atoms with Crippen molar-refractivity contribution in [3.8, 4) is 6.07 Å². The van der Waals surface area contributed by atoms with Gasteiger partial charge in [-0.3, -0.25) is 0 Å². The SMILES string of the molecule is N#CCS(=O)(=O)N1CC2CCC1CC2. The van der Waals surface area contributed by atoms with Gasteiger partial charge in [-0.15, -0.1) is 0 Å². The van der Waals surface area contributed by atoms with Crippen LogP contribution in [0.25, 0.3) is 0 Å². The van der Waals surface area contributed by atoms with Crippen molar-refractivity contribution >= 4 is 10.0 Å². The van der Waals surface area contributed by atoms with E-state index in [4.69, 9.17) is 5.26 Å². The smallest absolute Gasteiger partial charge is 0.211 e. The van der Waals surface area contributed by atoms with Crippen molar-refractivity contribution in [3.63, 3.8) is 0 Å². The van der Waals surface area contributed by atoms with Crippen LogP contribution in [0.4, 0.5) is 0 Å². The average molecular weight is 214 g/mol. The summed E-state index contributed by atoms with van der Waals surface area (Å²) in [5.74, 6) is 0.171. The molecule has 2 bridgehead atoms. The highest BCUT2D eigenvalue weighted by atomic mass is 32.2. The molecule has 1 saturated carbocycles. The van der Waals surface area contributed by atoms with Gasteiger partial charge in [-0.05, 0) is 31.6 Å². The zero-order chi connectivity index (χ0) is 10.2. The van der Waals surface area contributed by atoms with E-state index in [0.29, 0.717) is 12.5 Å². The summed E-state index contributed by atoms with van der Waals surface area (Å²) in [6.07, 6.45) is 4.27. The molecule has 0 N–H and O–H groups in total. The number of nitrogens with zero attached hydrogens (tertiary/aromatic N) is 2. The highest BCUT2D eigenvalue weighted by Crippen LogP contribution is 2.36. The molecule has 0 amide bonds. The van der Waals surface area contributed by atoms with Crippen LogP contribution in [-0.2, 0) is 10.0 Å². The number of sulfonamides is 1. The molecule has 3 aliphatic rings. The average Bonchev–Trinajstić information content (AvgIpc) is 2.19. The van der Waals surface area contributed by atoms with Gasteiger partial charge in [-0.2, -0.15) is 9.57 Å². The van der Waals surface area contributed by atoms with Crippen molar-refractivity contribution in [2.75, 3.05) is 12.3 Å². The lowest BCUT2D eigenvalue weighted by Crippen LogP contribution is -2.51. The van der Waals surface area contributed by atoms with Crippen LogP contribution in [-0.4, -0.2) is 31.1 Å². The van der Waals surface area contributed by atoms with Crippen molar-refractivity contribution in [2.24, 2.45) is 5.92 Å². The quantitative estimate of drug-likeness (QED) is 0.680. The number of hydrogen-bond donors (Lipinski definition) is 0. The lowest BCUT2D eigenvalue weighted by molar-refractivity contribution is 0.121. The Morgan fingerprint density at radius 2 is 1.93 bits per heavy atom. The molecular formula is C9H14N2O2S. The highest BCUT2D eigenvalue weighted by Gasteiger charge is 2.39. The fourth-order valence-electron chi connectivity index (χ4n) is 2.52. The predicted molar refractivity (Wildman–Crippen MR) is 51.9 cm³/mol. The summed E-state index contributed by atoms with van der Waals surface area (Å²) >= 11 is 0. The lowest BCUT2D eigenvalue weighted by Gasteiger charge is -2.43. The molecule has 2 heterocycles. The van der Waals surface area contributed by atoms with Crippen LogP contribution in [0.2, 0.25) is 0 Å². The molecule has 0 unspecified atom stereocenters. The van der Waals surface area contributed by atoms with Crippen LogP contribution < -0.4 is 0 Å². The zero-order valence-electron chi connectivity index (χ0n) is 8.02. The summed E-state index contributed by atoms with van der Waals surface area (Å²) in [5, 5.41) is 8.45. The molecule has 1 aliphatic carbocycles. The minimum absolute atomic E-state index is 0.179. The summed E-state index contributed by atoms with van der Waals surface area (Å²) < 4.78 is 24.9. The maximum absolute atomic E-state index is 11.7. The van der Waals surface area contributed by atoms with E-state index in [0.717, 1.165) is 25.7 Å². The van der Waals surface area contributed by atoms with E-state index in [9.17, 15) is 8.42 Å². The van der Waals surface area contributed by atoms with Gasteiger partial charge >= 0.3 is 0 Å². The van der Waals surface area contributed by atoms with Gasteiger partial charge in [0.25, 0.3) is 0 Å². The standard InChI is InChI=1S/C9H14N2O2S/c10-5-6-14(12,13)11-7-8-1-3-9(11)4-2-8/h8-9H,1-4,6-7H2. The second kappa shape index (κ2) is 3.52. The molecule has 2 aliphatic heterocycles. The third-order valence-electron chi connectivity index (χ3n) is 3.27. The number of fused-ring (bicyclic) bond motifs is 3. The van der Waals surface area contributed by atoms with Crippen molar-refractivity contribution in [1.29, 1.82) is 5.26 Å². The van der Waals surface area contributed by atoms with Gasteiger partial charge in [0, 0.05) is 12.6 Å². The van der Waals surface area contributed by atoms with Crippen LogP contribution in [0, 0.1) is 17.2 Å². The topological polar surface area (TPSA) is 61.2 Å². The Bertz CT molecular complexity index is 349. The highest BCUT2D eigenvalue weighted by molar-refractivity contribution is 7.89. The van der Waals surface area contributed by atoms with Crippen molar-refractivity contribution in [1.82, 2.24) is 4.31 Å². The fraction of sp³-hybridized carbons (Fsp3) is 0.889. The summed E-state index contributed by atoms with van der Waals surface area (Å²) in [6.45, 7) is 0.648. The molecule has 5 heteroatoms. The van der Waals surface area contributed by atoms with Crippen LogP contribution in [0.15, 0.2) is 0 Å². The maximum atomic E-state index is 11.7. The molecule has 0 aromatic heterocycles. The van der Waals surface area contributed by atoms with Crippen LogP contribution in [0.1, 0.15) is 25.7 Å². The normalized spacial score (nSPS) is 32.8. The monoisotopic (exact) mass is 214 g/mol. The Kier molecular flexibility index (Phi) is 2.50. The van der Waals surface area contributed by atoms with Gasteiger partial charge < -0.3 is 0 Å².